The Bertz CT molecular complexity index is 1240. The molecule has 0 saturated heterocycles. The first-order valence-corrected chi connectivity index (χ1v) is 14.9. The molecule has 0 aromatic heterocycles. The van der Waals surface area contributed by atoms with Crippen LogP contribution >= 0.6 is 0 Å². The average molecular weight is 567 g/mol. The minimum Gasteiger partial charge on any atom is -0.441 e. The van der Waals surface area contributed by atoms with Crippen molar-refractivity contribution >= 4 is 32.2 Å². The van der Waals surface area contributed by atoms with E-state index in [1.165, 1.54) is 36.4 Å². The lowest BCUT2D eigenvalue weighted by Gasteiger charge is -2.21. The second kappa shape index (κ2) is 12.9. The highest BCUT2D eigenvalue weighted by Crippen LogP contribution is 2.16. The maximum atomic E-state index is 12.5. The van der Waals surface area contributed by atoms with Gasteiger partial charge in [0.1, 0.15) is 12.2 Å². The van der Waals surface area contributed by atoms with E-state index in [9.17, 15) is 26.4 Å². The van der Waals surface area contributed by atoms with E-state index in [0.717, 1.165) is 11.1 Å². The summed E-state index contributed by atoms with van der Waals surface area (Å²) in [6.07, 6.45) is -1.14. The summed E-state index contributed by atoms with van der Waals surface area (Å²) < 4.78 is 64.3. The van der Waals surface area contributed by atoms with Crippen LogP contribution in [0.5, 0.6) is 0 Å². The smallest absolute Gasteiger partial charge is 0.421 e. The highest BCUT2D eigenvalue weighted by Gasteiger charge is 2.25. The summed E-state index contributed by atoms with van der Waals surface area (Å²) >= 11 is 0. The van der Waals surface area contributed by atoms with Gasteiger partial charge in [0.2, 0.25) is 0 Å². The van der Waals surface area contributed by atoms with Gasteiger partial charge < -0.3 is 9.47 Å². The van der Waals surface area contributed by atoms with Gasteiger partial charge in [-0.25, -0.2) is 35.9 Å². The van der Waals surface area contributed by atoms with Gasteiger partial charge in [0, 0.05) is 0 Å². The zero-order valence-electron chi connectivity index (χ0n) is 22.2. The molecular weight excluding hydrogens is 532 g/mol. The highest BCUT2D eigenvalue weighted by molar-refractivity contribution is 7.90. The van der Waals surface area contributed by atoms with Crippen LogP contribution in [0.15, 0.2) is 70.5 Å². The molecule has 0 aliphatic rings. The molecular formula is C26H34N2O8S2. The molecule has 10 nitrogen and oxygen atoms in total. The van der Waals surface area contributed by atoms with Gasteiger partial charge in [0.25, 0.3) is 20.0 Å². The molecule has 0 saturated carbocycles. The Hall–Kier alpha value is -3.38. The van der Waals surface area contributed by atoms with Crippen molar-refractivity contribution in [1.82, 2.24) is 9.44 Å². The van der Waals surface area contributed by atoms with Crippen molar-refractivity contribution in [1.29, 1.82) is 0 Å². The topological polar surface area (TPSA) is 145 Å². The number of ether oxygens (including phenoxy) is 2. The molecule has 208 valence electrons. The van der Waals surface area contributed by atoms with E-state index in [-0.39, 0.29) is 21.6 Å². The maximum absolute atomic E-state index is 12.5. The first-order valence-electron chi connectivity index (χ1n) is 11.9. The molecule has 38 heavy (non-hydrogen) atoms. The molecule has 0 aliphatic carbocycles. The number of carbonyl (C=O) groups excluding carboxylic acids is 2. The van der Waals surface area contributed by atoms with Crippen LogP contribution in [0.1, 0.15) is 38.8 Å². The Morgan fingerprint density at radius 3 is 1.18 bits per heavy atom. The third-order valence-corrected chi connectivity index (χ3v) is 8.05. The van der Waals surface area contributed by atoms with E-state index < -0.39 is 44.4 Å². The molecule has 2 aromatic carbocycles. The predicted octanol–water partition coefficient (Wildman–Crippen LogP) is 4.44. The van der Waals surface area contributed by atoms with Gasteiger partial charge in [-0.15, -0.1) is 0 Å². The number of sulfonamides is 2. The molecule has 0 unspecified atom stereocenters. The maximum Gasteiger partial charge on any atom is 0.421 e. The Morgan fingerprint density at radius 1 is 0.632 bits per heavy atom. The van der Waals surface area contributed by atoms with Gasteiger partial charge in [0.05, 0.1) is 9.79 Å². The molecule has 0 fully saturated rings. The minimum atomic E-state index is -4.13. The van der Waals surface area contributed by atoms with Crippen LogP contribution in [-0.4, -0.2) is 41.2 Å². The quantitative estimate of drug-likeness (QED) is 0.402. The van der Waals surface area contributed by atoms with Crippen molar-refractivity contribution in [3.05, 3.63) is 71.8 Å². The summed E-state index contributed by atoms with van der Waals surface area (Å²) in [5.74, 6) is -0.523. The SMILES string of the molecule is Cc1ccc(S(=O)(=O)NC(=O)O[C@H](/C=C\[C@@H](OC(=O)NS(=O)(=O)c2ccc(C)cc2)C(C)C)C(C)C)cc1. The lowest BCUT2D eigenvalue weighted by molar-refractivity contribution is 0.0931. The van der Waals surface area contributed by atoms with Crippen LogP contribution in [0.2, 0.25) is 0 Å². The van der Waals surface area contributed by atoms with Crippen LogP contribution in [0.4, 0.5) is 9.59 Å². The summed E-state index contributed by atoms with van der Waals surface area (Å²) in [6.45, 7) is 10.6. The fourth-order valence-electron chi connectivity index (χ4n) is 3.08. The van der Waals surface area contributed by atoms with Crippen LogP contribution in [0, 0.1) is 25.7 Å². The van der Waals surface area contributed by atoms with Gasteiger partial charge >= 0.3 is 12.2 Å². The number of nitrogens with one attached hydrogen (secondary N) is 2. The van der Waals surface area contributed by atoms with Crippen molar-refractivity contribution in [2.24, 2.45) is 11.8 Å². The molecule has 2 aromatic rings. The van der Waals surface area contributed by atoms with Gasteiger partial charge in [0.15, 0.2) is 0 Å². The third kappa shape index (κ3) is 9.18. The monoisotopic (exact) mass is 566 g/mol. The average Bonchev–Trinajstić information content (AvgIpc) is 2.80. The fraction of sp³-hybridized carbons (Fsp3) is 0.385. The summed E-state index contributed by atoms with van der Waals surface area (Å²) in [5.41, 5.74) is 1.72. The molecule has 2 amide bonds. The minimum absolute atomic E-state index is 0.0865. The van der Waals surface area contributed by atoms with Crippen LogP contribution in [-0.2, 0) is 29.5 Å². The standard InChI is InChI=1S/C26H34N2O8S2/c1-17(2)23(35-25(29)27-37(31,32)21-11-7-19(5)8-12-21)15-16-24(18(3)4)36-26(30)28-38(33,34)22-13-9-20(6)10-14-22/h7-18,23-24H,1-6H3,(H,27,29)(H,28,30)/b16-15-/t23-,24-/m1/s1. The summed E-state index contributed by atoms with van der Waals surface area (Å²) in [6, 6.07) is 11.9. The summed E-state index contributed by atoms with van der Waals surface area (Å²) in [5, 5.41) is 0. The molecule has 0 radical (unpaired) electrons. The van der Waals surface area contributed by atoms with Crippen LogP contribution in [0.25, 0.3) is 0 Å². The van der Waals surface area contributed by atoms with Crippen LogP contribution < -0.4 is 9.44 Å². The van der Waals surface area contributed by atoms with Crippen molar-refractivity contribution in [3.63, 3.8) is 0 Å². The van der Waals surface area contributed by atoms with Crippen molar-refractivity contribution < 1.29 is 35.9 Å². The summed E-state index contributed by atoms with van der Waals surface area (Å²) in [7, 11) is -8.27. The second-order valence-electron chi connectivity index (χ2n) is 9.45. The zero-order valence-corrected chi connectivity index (χ0v) is 23.8. The Morgan fingerprint density at radius 2 is 0.921 bits per heavy atom. The normalized spacial score (nSPS) is 13.8. The molecule has 0 aliphatic heterocycles. The van der Waals surface area contributed by atoms with E-state index in [4.69, 9.17) is 9.47 Å². The van der Waals surface area contributed by atoms with Crippen LogP contribution in [0.3, 0.4) is 0 Å². The molecule has 2 N–H and O–H groups in total. The number of carbonyl (C=O) groups is 2. The lowest BCUT2D eigenvalue weighted by Crippen LogP contribution is -2.36. The second-order valence-corrected chi connectivity index (χ2v) is 12.8. The van der Waals surface area contributed by atoms with Crippen molar-refractivity contribution in [2.75, 3.05) is 0 Å². The van der Waals surface area contributed by atoms with Gasteiger partial charge in [-0.1, -0.05) is 63.1 Å². The molecule has 2 rings (SSSR count). The molecule has 2 atom stereocenters. The molecule has 0 bridgehead atoms. The van der Waals surface area contributed by atoms with E-state index in [2.05, 4.69) is 0 Å². The largest absolute Gasteiger partial charge is 0.441 e. The number of hydrogen-bond donors (Lipinski definition) is 2. The van der Waals surface area contributed by atoms with Gasteiger partial charge in [-0.3, -0.25) is 0 Å². The summed E-state index contributed by atoms with van der Waals surface area (Å²) in [4.78, 5) is 24.6. The Labute approximate surface area is 224 Å². The zero-order chi connectivity index (χ0) is 28.7. The van der Waals surface area contributed by atoms with E-state index in [1.54, 1.807) is 65.8 Å². The number of benzene rings is 2. The lowest BCUT2D eigenvalue weighted by atomic mass is 10.0. The predicted molar refractivity (Wildman–Crippen MR) is 142 cm³/mol. The first-order chi connectivity index (χ1) is 17.6. The number of amides is 2. The Kier molecular flexibility index (Phi) is 10.5. The molecule has 0 spiro atoms. The van der Waals surface area contributed by atoms with Gasteiger partial charge in [-0.2, -0.15) is 0 Å². The molecule has 12 heteroatoms. The van der Waals surface area contributed by atoms with Crippen molar-refractivity contribution in [2.45, 2.75) is 63.5 Å². The number of aryl methyl sites for hydroxylation is 2. The van der Waals surface area contributed by atoms with E-state index in [0.29, 0.717) is 0 Å². The van der Waals surface area contributed by atoms with E-state index in [1.807, 2.05) is 9.44 Å². The van der Waals surface area contributed by atoms with Crippen molar-refractivity contribution in [3.8, 4) is 0 Å². The van der Waals surface area contributed by atoms with E-state index >= 15 is 0 Å². The fourth-order valence-corrected chi connectivity index (χ4v) is 4.84. The number of hydrogen-bond acceptors (Lipinski definition) is 8. The highest BCUT2D eigenvalue weighted by atomic mass is 32.2. The number of rotatable bonds is 10. The third-order valence-electron chi connectivity index (χ3n) is 5.39. The Balaban J connectivity index is 2.07. The molecule has 0 heterocycles. The van der Waals surface area contributed by atoms with Gasteiger partial charge in [-0.05, 0) is 62.1 Å². The first kappa shape index (κ1) is 30.8.